The average molecular weight is 253 g/mol. The van der Waals surface area contributed by atoms with Crippen LogP contribution in [0.1, 0.15) is 17.0 Å². The molecule has 2 aromatic heterocycles. The van der Waals surface area contributed by atoms with Gasteiger partial charge in [-0.25, -0.2) is 0 Å². The van der Waals surface area contributed by atoms with Crippen LogP contribution in [0.4, 0.5) is 5.69 Å². The summed E-state index contributed by atoms with van der Waals surface area (Å²) in [6, 6.07) is 10.2. The molecule has 3 rings (SSSR count). The molecular weight excluding hydrogens is 238 g/mol. The van der Waals surface area contributed by atoms with Gasteiger partial charge in [-0.05, 0) is 26.0 Å². The molecule has 0 fully saturated rings. The van der Waals surface area contributed by atoms with Gasteiger partial charge in [0.05, 0.1) is 23.1 Å². The molecule has 0 bridgehead atoms. The Morgan fingerprint density at radius 1 is 1.21 bits per heavy atom. The Balaban J connectivity index is 1.82. The summed E-state index contributed by atoms with van der Waals surface area (Å²) < 4.78 is 5.15. The van der Waals surface area contributed by atoms with Gasteiger partial charge in [0, 0.05) is 17.5 Å². The van der Waals surface area contributed by atoms with Gasteiger partial charge in [-0.2, -0.15) is 0 Å². The highest BCUT2D eigenvalue weighted by Gasteiger charge is 2.08. The van der Waals surface area contributed by atoms with Gasteiger partial charge in [0.15, 0.2) is 0 Å². The maximum Gasteiger partial charge on any atom is 0.138 e. The van der Waals surface area contributed by atoms with Gasteiger partial charge < -0.3 is 9.84 Å². The monoisotopic (exact) mass is 253 g/mol. The van der Waals surface area contributed by atoms with Crippen molar-refractivity contribution in [3.63, 3.8) is 0 Å². The lowest BCUT2D eigenvalue weighted by Gasteiger charge is -2.06. The van der Waals surface area contributed by atoms with E-state index in [4.69, 9.17) is 4.52 Å². The highest BCUT2D eigenvalue weighted by Crippen LogP contribution is 2.18. The van der Waals surface area contributed by atoms with Crippen LogP contribution in [0.3, 0.4) is 0 Å². The molecule has 0 unspecified atom stereocenters. The SMILES string of the molecule is Cc1noc(C)c1CNc1cnc2ccccc2c1. The van der Waals surface area contributed by atoms with Crippen LogP contribution in [0.2, 0.25) is 0 Å². The number of pyridine rings is 1. The van der Waals surface area contributed by atoms with Gasteiger partial charge in [0.2, 0.25) is 0 Å². The number of aryl methyl sites for hydroxylation is 2. The van der Waals surface area contributed by atoms with E-state index in [1.165, 1.54) is 0 Å². The minimum atomic E-state index is 0.696. The highest BCUT2D eigenvalue weighted by molar-refractivity contribution is 5.81. The summed E-state index contributed by atoms with van der Waals surface area (Å²) in [5.74, 6) is 0.860. The van der Waals surface area contributed by atoms with Gasteiger partial charge in [-0.1, -0.05) is 23.4 Å². The van der Waals surface area contributed by atoms with Crippen molar-refractivity contribution in [3.05, 3.63) is 53.5 Å². The van der Waals surface area contributed by atoms with Crippen molar-refractivity contribution in [3.8, 4) is 0 Å². The largest absolute Gasteiger partial charge is 0.379 e. The Morgan fingerprint density at radius 3 is 2.84 bits per heavy atom. The number of hydrogen-bond donors (Lipinski definition) is 1. The minimum Gasteiger partial charge on any atom is -0.379 e. The van der Waals surface area contributed by atoms with Crippen molar-refractivity contribution in [2.24, 2.45) is 0 Å². The van der Waals surface area contributed by atoms with Crippen LogP contribution in [0.5, 0.6) is 0 Å². The van der Waals surface area contributed by atoms with Crippen molar-refractivity contribution in [1.29, 1.82) is 0 Å². The molecule has 19 heavy (non-hydrogen) atoms. The molecule has 0 spiro atoms. The van der Waals surface area contributed by atoms with E-state index in [2.05, 4.69) is 27.6 Å². The number of fused-ring (bicyclic) bond motifs is 1. The van der Waals surface area contributed by atoms with Crippen LogP contribution >= 0.6 is 0 Å². The topological polar surface area (TPSA) is 51.0 Å². The molecule has 3 aromatic rings. The summed E-state index contributed by atoms with van der Waals surface area (Å²) in [5.41, 5.74) is 4.04. The number of nitrogens with zero attached hydrogens (tertiary/aromatic N) is 2. The predicted molar refractivity (Wildman–Crippen MR) is 75.0 cm³/mol. The van der Waals surface area contributed by atoms with E-state index in [1.54, 1.807) is 0 Å². The second kappa shape index (κ2) is 4.72. The van der Waals surface area contributed by atoms with Gasteiger partial charge >= 0.3 is 0 Å². The van der Waals surface area contributed by atoms with Gasteiger partial charge in [-0.3, -0.25) is 4.98 Å². The predicted octanol–water partition coefficient (Wildman–Crippen LogP) is 3.45. The van der Waals surface area contributed by atoms with E-state index < -0.39 is 0 Å². The van der Waals surface area contributed by atoms with Crippen LogP contribution in [0.15, 0.2) is 41.1 Å². The standard InChI is InChI=1S/C15H15N3O/c1-10-14(11(2)19-18-10)9-16-13-7-12-5-3-4-6-15(12)17-8-13/h3-8,16H,9H2,1-2H3. The lowest BCUT2D eigenvalue weighted by Crippen LogP contribution is -2.01. The number of nitrogens with one attached hydrogen (secondary N) is 1. The maximum absolute atomic E-state index is 5.15. The Morgan fingerprint density at radius 2 is 2.05 bits per heavy atom. The molecule has 4 heteroatoms. The van der Waals surface area contributed by atoms with Crippen molar-refractivity contribution in [2.45, 2.75) is 20.4 Å². The first-order valence-electron chi connectivity index (χ1n) is 6.24. The van der Waals surface area contributed by atoms with Gasteiger partial charge in [0.25, 0.3) is 0 Å². The molecule has 2 heterocycles. The van der Waals surface area contributed by atoms with Crippen molar-refractivity contribution < 1.29 is 4.52 Å². The molecule has 0 amide bonds. The van der Waals surface area contributed by atoms with Crippen molar-refractivity contribution >= 4 is 16.6 Å². The number of para-hydroxylation sites is 1. The molecule has 1 aromatic carbocycles. The number of hydrogen-bond acceptors (Lipinski definition) is 4. The Kier molecular flexibility index (Phi) is 2.91. The quantitative estimate of drug-likeness (QED) is 0.776. The molecule has 1 N–H and O–H groups in total. The summed E-state index contributed by atoms with van der Waals surface area (Å²) >= 11 is 0. The Hall–Kier alpha value is -2.36. The van der Waals surface area contributed by atoms with E-state index in [0.29, 0.717) is 6.54 Å². The number of rotatable bonds is 3. The molecule has 0 atom stereocenters. The normalized spacial score (nSPS) is 10.8. The first-order chi connectivity index (χ1) is 9.24. The first-order valence-corrected chi connectivity index (χ1v) is 6.24. The summed E-state index contributed by atoms with van der Waals surface area (Å²) in [5, 5.41) is 8.44. The zero-order chi connectivity index (χ0) is 13.2. The first kappa shape index (κ1) is 11.7. The lowest BCUT2D eigenvalue weighted by atomic mass is 10.2. The third-order valence-corrected chi connectivity index (χ3v) is 3.24. The highest BCUT2D eigenvalue weighted by atomic mass is 16.5. The molecule has 0 saturated heterocycles. The lowest BCUT2D eigenvalue weighted by molar-refractivity contribution is 0.392. The molecule has 4 nitrogen and oxygen atoms in total. The molecular formula is C15H15N3O. The van der Waals surface area contributed by atoms with Gasteiger partial charge in [-0.15, -0.1) is 0 Å². The number of aromatic nitrogens is 2. The molecule has 96 valence electrons. The van der Waals surface area contributed by atoms with Crippen LogP contribution in [-0.4, -0.2) is 10.1 Å². The zero-order valence-electron chi connectivity index (χ0n) is 11.0. The molecule has 0 radical (unpaired) electrons. The smallest absolute Gasteiger partial charge is 0.138 e. The Labute approximate surface area is 111 Å². The summed E-state index contributed by atoms with van der Waals surface area (Å²) in [6.45, 7) is 4.57. The van der Waals surface area contributed by atoms with Crippen molar-refractivity contribution in [1.82, 2.24) is 10.1 Å². The average Bonchev–Trinajstić information content (AvgIpc) is 2.76. The third-order valence-electron chi connectivity index (χ3n) is 3.24. The van der Waals surface area contributed by atoms with Gasteiger partial charge in [0.1, 0.15) is 5.76 Å². The van der Waals surface area contributed by atoms with Crippen LogP contribution in [0.25, 0.3) is 10.9 Å². The molecule has 0 aliphatic rings. The van der Waals surface area contributed by atoms with E-state index in [0.717, 1.165) is 33.6 Å². The van der Waals surface area contributed by atoms with E-state index >= 15 is 0 Å². The molecule has 0 aliphatic heterocycles. The second-order valence-electron chi connectivity index (χ2n) is 4.57. The number of benzene rings is 1. The summed E-state index contributed by atoms with van der Waals surface area (Å²) in [4.78, 5) is 4.42. The van der Waals surface area contributed by atoms with E-state index in [1.807, 2.05) is 38.2 Å². The minimum absolute atomic E-state index is 0.696. The fraction of sp³-hybridized carbons (Fsp3) is 0.200. The number of anilines is 1. The molecule has 0 aliphatic carbocycles. The third kappa shape index (κ3) is 2.29. The summed E-state index contributed by atoms with van der Waals surface area (Å²) in [6.07, 6.45) is 1.85. The fourth-order valence-corrected chi connectivity index (χ4v) is 2.11. The van der Waals surface area contributed by atoms with Crippen LogP contribution in [0, 0.1) is 13.8 Å². The van der Waals surface area contributed by atoms with Crippen LogP contribution in [-0.2, 0) is 6.54 Å². The second-order valence-corrected chi connectivity index (χ2v) is 4.57. The maximum atomic E-state index is 5.15. The molecule has 0 saturated carbocycles. The van der Waals surface area contributed by atoms with Crippen molar-refractivity contribution in [2.75, 3.05) is 5.32 Å². The zero-order valence-corrected chi connectivity index (χ0v) is 11.0. The Bertz CT molecular complexity index is 699. The fourth-order valence-electron chi connectivity index (χ4n) is 2.11. The summed E-state index contributed by atoms with van der Waals surface area (Å²) in [7, 11) is 0. The van der Waals surface area contributed by atoms with E-state index in [9.17, 15) is 0 Å². The van der Waals surface area contributed by atoms with E-state index in [-0.39, 0.29) is 0 Å². The van der Waals surface area contributed by atoms with Crippen LogP contribution < -0.4 is 5.32 Å².